The molecule has 0 bridgehead atoms. The van der Waals surface area contributed by atoms with E-state index in [9.17, 15) is 4.79 Å². The molecule has 0 aliphatic carbocycles. The van der Waals surface area contributed by atoms with Gasteiger partial charge >= 0.3 is 0 Å². The Morgan fingerprint density at radius 3 is 2.39 bits per heavy atom. The summed E-state index contributed by atoms with van der Waals surface area (Å²) in [6.45, 7) is 3.95. The number of carbonyl (C=O) groups is 1. The van der Waals surface area contributed by atoms with Crippen LogP contribution in [0, 0.1) is 13.8 Å². The van der Waals surface area contributed by atoms with Gasteiger partial charge < -0.3 is 20.7 Å². The lowest BCUT2D eigenvalue weighted by atomic mass is 10.1. The van der Waals surface area contributed by atoms with Crippen molar-refractivity contribution in [2.24, 2.45) is 0 Å². The van der Waals surface area contributed by atoms with Gasteiger partial charge in [-0.25, -0.2) is 0 Å². The third kappa shape index (κ3) is 6.14. The van der Waals surface area contributed by atoms with E-state index in [1.165, 1.54) is 7.11 Å². The molecule has 0 aromatic heterocycles. The summed E-state index contributed by atoms with van der Waals surface area (Å²) in [5, 5.41) is 8.71. The molecule has 1 unspecified atom stereocenters. The minimum atomic E-state index is -1.86. The number of alkyl halides is 3. The van der Waals surface area contributed by atoms with Crippen molar-refractivity contribution in [3.05, 3.63) is 59.2 Å². The maximum absolute atomic E-state index is 12.6. The van der Waals surface area contributed by atoms with Crippen molar-refractivity contribution in [1.82, 2.24) is 10.6 Å². The van der Waals surface area contributed by atoms with Gasteiger partial charge in [0.1, 0.15) is 11.9 Å². The summed E-state index contributed by atoms with van der Waals surface area (Å²) in [4.78, 5) is 12.6. The molecule has 150 valence electrons. The fourth-order valence-electron chi connectivity index (χ4n) is 2.48. The molecule has 2 aromatic carbocycles. The highest BCUT2D eigenvalue weighted by Gasteiger charge is 2.35. The zero-order chi connectivity index (χ0) is 20.9. The minimum Gasteiger partial charge on any atom is -0.496 e. The molecule has 0 saturated carbocycles. The number of amides is 1. The molecular weight excluding hydrogens is 441 g/mol. The number of aryl methyl sites for hydroxylation is 2. The van der Waals surface area contributed by atoms with Gasteiger partial charge in [0.25, 0.3) is 5.91 Å². The number of para-hydroxylation sites is 1. The van der Waals surface area contributed by atoms with Crippen molar-refractivity contribution in [1.29, 1.82) is 0 Å². The lowest BCUT2D eigenvalue weighted by molar-refractivity contribution is 0.0931. The number of thiocarbonyl (C=S) groups is 1. The van der Waals surface area contributed by atoms with Crippen LogP contribution < -0.4 is 20.7 Å². The second kappa shape index (κ2) is 9.65. The molecule has 0 aliphatic rings. The molecule has 9 heteroatoms. The van der Waals surface area contributed by atoms with Crippen LogP contribution >= 0.6 is 47.0 Å². The molecule has 1 atom stereocenters. The number of methoxy groups -OCH3 is 1. The highest BCUT2D eigenvalue weighted by molar-refractivity contribution is 7.80. The summed E-state index contributed by atoms with van der Waals surface area (Å²) in [6, 6.07) is 12.6. The number of benzene rings is 2. The quantitative estimate of drug-likeness (QED) is 0.342. The van der Waals surface area contributed by atoms with Crippen molar-refractivity contribution in [2.45, 2.75) is 23.8 Å². The topological polar surface area (TPSA) is 62.4 Å². The van der Waals surface area contributed by atoms with Crippen LogP contribution in [0.4, 0.5) is 5.69 Å². The predicted molar refractivity (Wildman–Crippen MR) is 120 cm³/mol. The van der Waals surface area contributed by atoms with Crippen molar-refractivity contribution < 1.29 is 9.53 Å². The predicted octanol–water partition coefficient (Wildman–Crippen LogP) is 4.72. The molecule has 2 rings (SSSR count). The van der Waals surface area contributed by atoms with E-state index in [1.54, 1.807) is 24.3 Å². The second-order valence-electron chi connectivity index (χ2n) is 6.07. The average Bonchev–Trinajstić information content (AvgIpc) is 2.62. The summed E-state index contributed by atoms with van der Waals surface area (Å²) < 4.78 is 3.34. The van der Waals surface area contributed by atoms with Crippen LogP contribution in [-0.2, 0) is 0 Å². The van der Waals surface area contributed by atoms with E-state index >= 15 is 0 Å². The Morgan fingerprint density at radius 1 is 1.11 bits per heavy atom. The molecular formula is C19H20Cl3N3O2S. The van der Waals surface area contributed by atoms with Gasteiger partial charge in [0.15, 0.2) is 5.11 Å². The zero-order valence-corrected chi connectivity index (χ0v) is 18.6. The Balaban J connectivity index is 2.13. The Morgan fingerprint density at radius 2 is 1.79 bits per heavy atom. The van der Waals surface area contributed by atoms with E-state index in [0.717, 1.165) is 16.8 Å². The third-order valence-corrected chi connectivity index (χ3v) is 4.73. The Bertz CT molecular complexity index is 872. The summed E-state index contributed by atoms with van der Waals surface area (Å²) in [5.74, 6) is -0.0744. The normalized spacial score (nSPS) is 12.1. The van der Waals surface area contributed by atoms with Crippen LogP contribution in [0.2, 0.25) is 0 Å². The summed E-state index contributed by atoms with van der Waals surface area (Å²) in [5.41, 5.74) is 3.25. The summed E-state index contributed by atoms with van der Waals surface area (Å²) >= 11 is 23.4. The van der Waals surface area contributed by atoms with Gasteiger partial charge in [0.05, 0.1) is 12.7 Å². The number of hydrogen-bond acceptors (Lipinski definition) is 3. The number of anilines is 1. The van der Waals surface area contributed by atoms with Crippen LogP contribution in [0.25, 0.3) is 0 Å². The molecule has 5 nitrogen and oxygen atoms in total. The van der Waals surface area contributed by atoms with Crippen LogP contribution in [0.5, 0.6) is 5.75 Å². The second-order valence-corrected chi connectivity index (χ2v) is 8.84. The summed E-state index contributed by atoms with van der Waals surface area (Å²) in [7, 11) is 1.47. The standard InChI is InChI=1S/C19H20Cl3N3O2S/c1-11-8-9-14(12(2)10-11)23-18(28)25-17(19(20,21)22)24-16(26)13-6-4-5-7-15(13)27-3/h4-10,17H,1-3H3,(H,24,26)(H2,23,25,28). The van der Waals surface area contributed by atoms with E-state index in [1.807, 2.05) is 32.0 Å². The van der Waals surface area contributed by atoms with E-state index in [4.69, 9.17) is 51.8 Å². The molecule has 0 radical (unpaired) electrons. The average molecular weight is 461 g/mol. The Labute approximate surface area is 184 Å². The maximum Gasteiger partial charge on any atom is 0.256 e. The van der Waals surface area contributed by atoms with Gasteiger partial charge in [0, 0.05) is 5.69 Å². The largest absolute Gasteiger partial charge is 0.496 e. The first-order valence-electron chi connectivity index (χ1n) is 8.27. The molecule has 1 amide bonds. The highest BCUT2D eigenvalue weighted by Crippen LogP contribution is 2.30. The summed E-state index contributed by atoms with van der Waals surface area (Å²) in [6.07, 6.45) is -1.08. The van der Waals surface area contributed by atoms with E-state index in [-0.39, 0.29) is 5.11 Å². The SMILES string of the molecule is COc1ccccc1C(=O)NC(NC(=S)Nc1ccc(C)cc1C)C(Cl)(Cl)Cl. The monoisotopic (exact) mass is 459 g/mol. The van der Waals surface area contributed by atoms with Gasteiger partial charge in [0.2, 0.25) is 3.79 Å². The number of hydrogen-bond donors (Lipinski definition) is 3. The van der Waals surface area contributed by atoms with Gasteiger partial charge in [-0.1, -0.05) is 64.6 Å². The van der Waals surface area contributed by atoms with Crippen molar-refractivity contribution >= 4 is 63.7 Å². The number of nitrogens with one attached hydrogen (secondary N) is 3. The maximum atomic E-state index is 12.6. The Kier molecular flexibility index (Phi) is 7.78. The van der Waals surface area contributed by atoms with Crippen LogP contribution in [0.1, 0.15) is 21.5 Å². The number of ether oxygens (including phenoxy) is 1. The van der Waals surface area contributed by atoms with E-state index in [0.29, 0.717) is 11.3 Å². The lowest BCUT2D eigenvalue weighted by Crippen LogP contribution is -2.56. The smallest absolute Gasteiger partial charge is 0.256 e. The van der Waals surface area contributed by atoms with Crippen molar-refractivity contribution in [3.8, 4) is 5.75 Å². The highest BCUT2D eigenvalue weighted by atomic mass is 35.6. The fraction of sp³-hybridized carbons (Fsp3) is 0.263. The van der Waals surface area contributed by atoms with Crippen LogP contribution in [0.15, 0.2) is 42.5 Å². The first-order valence-corrected chi connectivity index (χ1v) is 9.81. The lowest BCUT2D eigenvalue weighted by Gasteiger charge is -2.28. The van der Waals surface area contributed by atoms with E-state index < -0.39 is 15.9 Å². The molecule has 0 spiro atoms. The number of carbonyl (C=O) groups excluding carboxylic acids is 1. The van der Waals surface area contributed by atoms with E-state index in [2.05, 4.69) is 16.0 Å². The van der Waals surface area contributed by atoms with Crippen LogP contribution in [-0.4, -0.2) is 28.1 Å². The first-order chi connectivity index (χ1) is 13.1. The zero-order valence-electron chi connectivity index (χ0n) is 15.5. The fourth-order valence-corrected chi connectivity index (χ4v) is 3.04. The van der Waals surface area contributed by atoms with Gasteiger partial charge in [-0.2, -0.15) is 0 Å². The van der Waals surface area contributed by atoms with Crippen molar-refractivity contribution in [3.63, 3.8) is 0 Å². The molecule has 2 aromatic rings. The Hall–Kier alpha value is -1.73. The molecule has 0 fully saturated rings. The van der Waals surface area contributed by atoms with Gasteiger partial charge in [-0.05, 0) is 49.8 Å². The molecule has 28 heavy (non-hydrogen) atoms. The molecule has 3 N–H and O–H groups in total. The van der Waals surface area contributed by atoms with Gasteiger partial charge in [-0.15, -0.1) is 0 Å². The third-order valence-electron chi connectivity index (χ3n) is 3.86. The van der Waals surface area contributed by atoms with Crippen LogP contribution in [0.3, 0.4) is 0 Å². The molecule has 0 aliphatic heterocycles. The minimum absolute atomic E-state index is 0.198. The first kappa shape index (κ1) is 22.6. The van der Waals surface area contributed by atoms with Gasteiger partial charge in [-0.3, -0.25) is 4.79 Å². The van der Waals surface area contributed by atoms with Crippen molar-refractivity contribution in [2.75, 3.05) is 12.4 Å². The molecule has 0 heterocycles. The number of halogens is 3. The number of rotatable bonds is 5. The molecule has 0 saturated heterocycles.